The van der Waals surface area contributed by atoms with Gasteiger partial charge in [0.1, 0.15) is 5.60 Å². The highest BCUT2D eigenvalue weighted by Gasteiger charge is 2.47. The SMILES string of the molecule is O=S1C2CCCC1CC(O)(c1cnc3ccccc3n1)C2. The first-order chi connectivity index (χ1) is 10.2. The average molecular weight is 302 g/mol. The topological polar surface area (TPSA) is 63.1 Å². The van der Waals surface area contributed by atoms with Crippen LogP contribution in [0, 0.1) is 0 Å². The van der Waals surface area contributed by atoms with E-state index in [1.807, 2.05) is 24.3 Å². The van der Waals surface area contributed by atoms with E-state index >= 15 is 0 Å². The van der Waals surface area contributed by atoms with Crippen molar-refractivity contribution in [2.45, 2.75) is 48.2 Å². The molecule has 2 bridgehead atoms. The van der Waals surface area contributed by atoms with E-state index in [0.717, 1.165) is 30.3 Å². The summed E-state index contributed by atoms with van der Waals surface area (Å²) in [5.74, 6) is 0. The molecular formula is C16H18N2O2S. The lowest BCUT2D eigenvalue weighted by Crippen LogP contribution is -2.47. The molecule has 1 N–H and O–H groups in total. The van der Waals surface area contributed by atoms with Crippen LogP contribution in [0.1, 0.15) is 37.8 Å². The molecule has 110 valence electrons. The Bertz CT molecular complexity index is 702. The van der Waals surface area contributed by atoms with E-state index < -0.39 is 16.4 Å². The maximum absolute atomic E-state index is 12.3. The second kappa shape index (κ2) is 4.85. The van der Waals surface area contributed by atoms with E-state index in [9.17, 15) is 9.32 Å². The van der Waals surface area contributed by atoms with Crippen LogP contribution >= 0.6 is 0 Å². The molecule has 2 fully saturated rings. The molecule has 21 heavy (non-hydrogen) atoms. The van der Waals surface area contributed by atoms with Gasteiger partial charge < -0.3 is 5.11 Å². The largest absolute Gasteiger partial charge is 0.383 e. The number of para-hydroxylation sites is 2. The van der Waals surface area contributed by atoms with Crippen LogP contribution in [-0.4, -0.2) is 29.8 Å². The first kappa shape index (κ1) is 13.3. The first-order valence-electron chi connectivity index (χ1n) is 7.50. The third kappa shape index (κ3) is 2.19. The number of rotatable bonds is 1. The molecule has 5 heteroatoms. The summed E-state index contributed by atoms with van der Waals surface area (Å²) >= 11 is 0. The maximum Gasteiger partial charge on any atom is 0.110 e. The highest BCUT2D eigenvalue weighted by molar-refractivity contribution is 7.86. The van der Waals surface area contributed by atoms with Crippen LogP contribution in [0.3, 0.4) is 0 Å². The number of nitrogens with zero attached hydrogens (tertiary/aromatic N) is 2. The summed E-state index contributed by atoms with van der Waals surface area (Å²) in [6.45, 7) is 0. The van der Waals surface area contributed by atoms with Gasteiger partial charge in [0, 0.05) is 21.3 Å². The highest BCUT2D eigenvalue weighted by Crippen LogP contribution is 2.43. The van der Waals surface area contributed by atoms with Gasteiger partial charge in [0.15, 0.2) is 0 Å². The Hall–Kier alpha value is -1.33. The van der Waals surface area contributed by atoms with Gasteiger partial charge in [-0.05, 0) is 37.8 Å². The van der Waals surface area contributed by atoms with Crippen LogP contribution in [0.2, 0.25) is 0 Å². The molecule has 4 nitrogen and oxygen atoms in total. The van der Waals surface area contributed by atoms with E-state index in [2.05, 4.69) is 9.97 Å². The Morgan fingerprint density at radius 1 is 1.14 bits per heavy atom. The van der Waals surface area contributed by atoms with Crippen molar-refractivity contribution in [3.05, 3.63) is 36.2 Å². The Morgan fingerprint density at radius 3 is 2.52 bits per heavy atom. The zero-order valence-corrected chi connectivity index (χ0v) is 12.6. The molecular weight excluding hydrogens is 284 g/mol. The lowest BCUT2D eigenvalue weighted by molar-refractivity contribution is 0.00247. The van der Waals surface area contributed by atoms with Crippen molar-refractivity contribution in [1.29, 1.82) is 0 Å². The van der Waals surface area contributed by atoms with Crippen LogP contribution in [0.4, 0.5) is 0 Å². The number of benzene rings is 1. The number of hydrogen-bond acceptors (Lipinski definition) is 4. The fraction of sp³-hybridized carbons (Fsp3) is 0.500. The van der Waals surface area contributed by atoms with Crippen molar-refractivity contribution in [2.75, 3.05) is 0 Å². The number of hydrogen-bond donors (Lipinski definition) is 1. The third-order valence-corrected chi connectivity index (χ3v) is 6.88. The van der Waals surface area contributed by atoms with Gasteiger partial charge in [-0.15, -0.1) is 0 Å². The van der Waals surface area contributed by atoms with Crippen LogP contribution in [0.25, 0.3) is 11.0 Å². The lowest BCUT2D eigenvalue weighted by Gasteiger charge is -2.43. The second-order valence-electron chi connectivity index (χ2n) is 6.19. The third-order valence-electron chi connectivity index (χ3n) is 4.77. The predicted octanol–water partition coefficient (Wildman–Crippen LogP) is 2.28. The molecule has 0 amide bonds. The van der Waals surface area contributed by atoms with E-state index in [0.29, 0.717) is 18.5 Å². The Morgan fingerprint density at radius 2 is 1.81 bits per heavy atom. The molecule has 0 aliphatic carbocycles. The van der Waals surface area contributed by atoms with Crippen LogP contribution in [0.5, 0.6) is 0 Å². The summed E-state index contributed by atoms with van der Waals surface area (Å²) in [4.78, 5) is 9.03. The zero-order chi connectivity index (χ0) is 14.4. The van der Waals surface area contributed by atoms with Crippen molar-refractivity contribution in [3.63, 3.8) is 0 Å². The number of aliphatic hydroxyl groups is 1. The molecule has 0 radical (unpaired) electrons. The summed E-state index contributed by atoms with van der Waals surface area (Å²) < 4.78 is 12.3. The normalized spacial score (nSPS) is 35.8. The highest BCUT2D eigenvalue weighted by atomic mass is 32.2. The summed E-state index contributed by atoms with van der Waals surface area (Å²) in [5, 5.41) is 11.3. The Kier molecular flexibility index (Phi) is 3.08. The fourth-order valence-corrected chi connectivity index (χ4v) is 5.90. The van der Waals surface area contributed by atoms with Gasteiger partial charge in [-0.2, -0.15) is 0 Å². The van der Waals surface area contributed by atoms with Crippen molar-refractivity contribution < 1.29 is 9.32 Å². The van der Waals surface area contributed by atoms with Crippen LogP contribution in [-0.2, 0) is 16.4 Å². The molecule has 0 spiro atoms. The summed E-state index contributed by atoms with van der Waals surface area (Å²) in [7, 11) is -0.792. The smallest absolute Gasteiger partial charge is 0.110 e. The van der Waals surface area contributed by atoms with Crippen molar-refractivity contribution in [1.82, 2.24) is 9.97 Å². The second-order valence-corrected chi connectivity index (χ2v) is 8.18. The molecule has 2 saturated heterocycles. The van der Waals surface area contributed by atoms with E-state index in [1.54, 1.807) is 6.20 Å². The summed E-state index contributed by atoms with van der Waals surface area (Å²) in [5.41, 5.74) is 1.31. The van der Waals surface area contributed by atoms with Gasteiger partial charge in [-0.3, -0.25) is 9.19 Å². The standard InChI is InChI=1S/C16H18N2O2S/c19-16(8-11-4-3-5-12(9-16)21(11)20)15-10-17-13-6-1-2-7-14(13)18-15/h1-2,6-7,10-12,19H,3-5,8-9H2. The maximum atomic E-state index is 12.3. The Balaban J connectivity index is 1.75. The minimum Gasteiger partial charge on any atom is -0.383 e. The monoisotopic (exact) mass is 302 g/mol. The summed E-state index contributed by atoms with van der Waals surface area (Å²) in [6, 6.07) is 7.69. The molecule has 2 atom stereocenters. The molecule has 1 aromatic heterocycles. The first-order valence-corrected chi connectivity index (χ1v) is 8.77. The fourth-order valence-electron chi connectivity index (χ4n) is 3.67. The summed E-state index contributed by atoms with van der Waals surface area (Å²) in [6.07, 6.45) is 5.80. The van der Waals surface area contributed by atoms with Gasteiger partial charge in [0.05, 0.1) is 22.9 Å². The van der Waals surface area contributed by atoms with Gasteiger partial charge >= 0.3 is 0 Å². The van der Waals surface area contributed by atoms with Crippen LogP contribution in [0.15, 0.2) is 30.5 Å². The van der Waals surface area contributed by atoms with Gasteiger partial charge in [-0.25, -0.2) is 4.98 Å². The van der Waals surface area contributed by atoms with Crippen molar-refractivity contribution >= 4 is 21.8 Å². The van der Waals surface area contributed by atoms with Crippen molar-refractivity contribution in [2.24, 2.45) is 0 Å². The predicted molar refractivity (Wildman–Crippen MR) is 82.2 cm³/mol. The van der Waals surface area contributed by atoms with Gasteiger partial charge in [0.2, 0.25) is 0 Å². The average Bonchev–Trinajstić information content (AvgIpc) is 2.49. The number of aromatic nitrogens is 2. The van der Waals surface area contributed by atoms with Gasteiger partial charge in [-0.1, -0.05) is 18.6 Å². The number of fused-ring (bicyclic) bond motifs is 3. The molecule has 3 heterocycles. The minimum absolute atomic E-state index is 0.107. The Labute approximate surface area is 126 Å². The minimum atomic E-state index is -0.972. The molecule has 2 unspecified atom stereocenters. The molecule has 2 aromatic rings. The van der Waals surface area contributed by atoms with Crippen LogP contribution < -0.4 is 0 Å². The quantitative estimate of drug-likeness (QED) is 0.878. The zero-order valence-electron chi connectivity index (χ0n) is 11.7. The van der Waals surface area contributed by atoms with E-state index in [4.69, 9.17) is 0 Å². The molecule has 0 saturated carbocycles. The molecule has 2 aliphatic heterocycles. The van der Waals surface area contributed by atoms with Crippen molar-refractivity contribution in [3.8, 4) is 0 Å². The molecule has 1 aromatic carbocycles. The molecule has 2 aliphatic rings. The molecule has 4 rings (SSSR count). The van der Waals surface area contributed by atoms with E-state index in [1.165, 1.54) is 0 Å². The van der Waals surface area contributed by atoms with Gasteiger partial charge in [0.25, 0.3) is 0 Å². The lowest BCUT2D eigenvalue weighted by atomic mass is 9.83. The van der Waals surface area contributed by atoms with E-state index in [-0.39, 0.29) is 10.5 Å².